The number of non-ortho nitro benzene ring substituents is 1. The second-order valence-corrected chi connectivity index (χ2v) is 4.57. The molecule has 0 saturated carbocycles. The molecule has 1 aromatic rings. The first-order valence-electron chi connectivity index (χ1n) is 4.97. The highest BCUT2D eigenvalue weighted by molar-refractivity contribution is 9.10. The standard InChI is InChI=1S/C10H9BrF2N2O4/c11-7-1-6(2-8(3-7)15(18)19)9(17)14-4-10(12,13)5-16/h1-3,16H,4-5H2,(H,14,17). The van der Waals surface area contributed by atoms with Gasteiger partial charge < -0.3 is 10.4 Å². The van der Waals surface area contributed by atoms with Gasteiger partial charge in [-0.15, -0.1) is 0 Å². The molecule has 2 N–H and O–H groups in total. The van der Waals surface area contributed by atoms with Gasteiger partial charge >= 0.3 is 0 Å². The molecule has 0 unspecified atom stereocenters. The number of amides is 1. The summed E-state index contributed by atoms with van der Waals surface area (Å²) in [5.74, 6) is -4.33. The number of aliphatic hydroxyl groups is 1. The van der Waals surface area contributed by atoms with Crippen LogP contribution in [0.2, 0.25) is 0 Å². The zero-order valence-electron chi connectivity index (χ0n) is 9.40. The molecule has 1 rings (SSSR count). The molecular weight excluding hydrogens is 330 g/mol. The maximum Gasteiger partial charge on any atom is 0.287 e. The molecule has 0 radical (unpaired) electrons. The van der Waals surface area contributed by atoms with Crippen LogP contribution in [0.5, 0.6) is 0 Å². The van der Waals surface area contributed by atoms with E-state index >= 15 is 0 Å². The number of nitrogens with one attached hydrogen (secondary N) is 1. The number of nitro groups is 1. The van der Waals surface area contributed by atoms with Crippen LogP contribution >= 0.6 is 15.9 Å². The lowest BCUT2D eigenvalue weighted by molar-refractivity contribution is -0.385. The van der Waals surface area contributed by atoms with Gasteiger partial charge in [-0.05, 0) is 6.07 Å². The summed E-state index contributed by atoms with van der Waals surface area (Å²) in [6, 6.07) is 3.41. The zero-order chi connectivity index (χ0) is 14.6. The van der Waals surface area contributed by atoms with E-state index in [2.05, 4.69) is 15.9 Å². The van der Waals surface area contributed by atoms with Crippen LogP contribution in [0.1, 0.15) is 10.4 Å². The summed E-state index contributed by atoms with van der Waals surface area (Å²) < 4.78 is 25.7. The molecule has 0 atom stereocenters. The number of hydrogen-bond acceptors (Lipinski definition) is 4. The van der Waals surface area contributed by atoms with Crippen molar-refractivity contribution in [2.75, 3.05) is 13.2 Å². The predicted molar refractivity (Wildman–Crippen MR) is 65.2 cm³/mol. The number of nitrogens with zero attached hydrogens (tertiary/aromatic N) is 1. The number of nitro benzene ring substituents is 1. The van der Waals surface area contributed by atoms with Crippen LogP contribution in [0.25, 0.3) is 0 Å². The van der Waals surface area contributed by atoms with E-state index in [1.165, 1.54) is 12.1 Å². The van der Waals surface area contributed by atoms with E-state index in [1.54, 1.807) is 0 Å². The number of carbonyl (C=O) groups is 1. The van der Waals surface area contributed by atoms with Gasteiger partial charge in [0.05, 0.1) is 11.5 Å². The summed E-state index contributed by atoms with van der Waals surface area (Å²) in [5, 5.41) is 20.8. The number of hydrogen-bond donors (Lipinski definition) is 2. The van der Waals surface area contributed by atoms with Crippen molar-refractivity contribution in [3.8, 4) is 0 Å². The molecule has 9 heteroatoms. The Bertz CT molecular complexity index is 510. The summed E-state index contributed by atoms with van der Waals surface area (Å²) in [6.45, 7) is -2.45. The van der Waals surface area contributed by atoms with Crippen LogP contribution in [-0.4, -0.2) is 35.0 Å². The van der Waals surface area contributed by atoms with Gasteiger partial charge in [0.2, 0.25) is 0 Å². The van der Waals surface area contributed by atoms with Gasteiger partial charge in [-0.1, -0.05) is 15.9 Å². The van der Waals surface area contributed by atoms with Crippen LogP contribution in [0, 0.1) is 10.1 Å². The predicted octanol–water partition coefficient (Wildman–Crippen LogP) is 1.71. The molecule has 0 aromatic heterocycles. The van der Waals surface area contributed by atoms with Crippen molar-refractivity contribution < 1.29 is 23.6 Å². The number of aliphatic hydroxyl groups excluding tert-OH is 1. The van der Waals surface area contributed by atoms with E-state index in [4.69, 9.17) is 5.11 Å². The van der Waals surface area contributed by atoms with Gasteiger partial charge in [-0.3, -0.25) is 14.9 Å². The molecule has 104 valence electrons. The Kier molecular flexibility index (Phi) is 4.90. The Labute approximate surface area is 114 Å². The van der Waals surface area contributed by atoms with Gasteiger partial charge in [0.1, 0.15) is 6.61 Å². The average Bonchev–Trinajstić information content (AvgIpc) is 2.35. The summed E-state index contributed by atoms with van der Waals surface area (Å²) in [6.07, 6.45) is 0. The van der Waals surface area contributed by atoms with E-state index in [0.29, 0.717) is 0 Å². The fourth-order valence-electron chi connectivity index (χ4n) is 1.18. The maximum absolute atomic E-state index is 12.7. The van der Waals surface area contributed by atoms with Crippen molar-refractivity contribution in [1.82, 2.24) is 5.32 Å². The minimum atomic E-state index is -3.44. The highest BCUT2D eigenvalue weighted by Gasteiger charge is 2.28. The van der Waals surface area contributed by atoms with Gasteiger partial charge in [0, 0.05) is 22.2 Å². The second kappa shape index (κ2) is 6.02. The smallest absolute Gasteiger partial charge is 0.287 e. The molecule has 1 aromatic carbocycles. The number of benzene rings is 1. The third-order valence-electron chi connectivity index (χ3n) is 2.09. The first-order chi connectivity index (χ1) is 8.75. The topological polar surface area (TPSA) is 92.5 Å². The molecule has 0 aliphatic heterocycles. The van der Waals surface area contributed by atoms with Crippen molar-refractivity contribution in [1.29, 1.82) is 0 Å². The number of halogens is 3. The molecule has 0 spiro atoms. The zero-order valence-corrected chi connectivity index (χ0v) is 11.0. The molecule has 0 bridgehead atoms. The summed E-state index contributed by atoms with van der Waals surface area (Å²) in [5.41, 5.74) is -0.469. The molecule has 19 heavy (non-hydrogen) atoms. The highest BCUT2D eigenvalue weighted by atomic mass is 79.9. The molecule has 0 saturated heterocycles. The lowest BCUT2D eigenvalue weighted by Crippen LogP contribution is -2.39. The Hall–Kier alpha value is -1.61. The number of alkyl halides is 2. The van der Waals surface area contributed by atoms with Crippen molar-refractivity contribution in [2.45, 2.75) is 5.92 Å². The Balaban J connectivity index is 2.85. The van der Waals surface area contributed by atoms with Crippen LogP contribution < -0.4 is 5.32 Å². The van der Waals surface area contributed by atoms with Crippen molar-refractivity contribution in [3.63, 3.8) is 0 Å². The fourth-order valence-corrected chi connectivity index (χ4v) is 1.66. The lowest BCUT2D eigenvalue weighted by atomic mass is 10.2. The van der Waals surface area contributed by atoms with Gasteiger partial charge in [0.15, 0.2) is 0 Å². The van der Waals surface area contributed by atoms with E-state index in [1.807, 2.05) is 5.32 Å². The average molecular weight is 339 g/mol. The SMILES string of the molecule is O=C(NCC(F)(F)CO)c1cc(Br)cc([N+](=O)[O-])c1. The highest BCUT2D eigenvalue weighted by Crippen LogP contribution is 2.21. The van der Waals surface area contributed by atoms with Crippen LogP contribution in [-0.2, 0) is 0 Å². The van der Waals surface area contributed by atoms with Crippen LogP contribution in [0.4, 0.5) is 14.5 Å². The molecule has 0 fully saturated rings. The second-order valence-electron chi connectivity index (χ2n) is 3.65. The Morgan fingerprint density at radius 1 is 1.47 bits per heavy atom. The molecule has 0 aliphatic rings. The molecule has 0 aliphatic carbocycles. The molecule has 0 heterocycles. The fraction of sp³-hybridized carbons (Fsp3) is 0.300. The molecule has 6 nitrogen and oxygen atoms in total. The number of carbonyl (C=O) groups excluding carboxylic acids is 1. The third-order valence-corrected chi connectivity index (χ3v) is 2.55. The molecular formula is C10H9BrF2N2O4. The minimum absolute atomic E-state index is 0.130. The summed E-state index contributed by atoms with van der Waals surface area (Å²) in [7, 11) is 0. The van der Waals surface area contributed by atoms with E-state index in [-0.39, 0.29) is 15.7 Å². The number of rotatable bonds is 5. The summed E-state index contributed by atoms with van der Waals surface area (Å²) in [4.78, 5) is 21.5. The minimum Gasteiger partial charge on any atom is -0.390 e. The Morgan fingerprint density at radius 2 is 2.11 bits per heavy atom. The third kappa shape index (κ3) is 4.52. The first-order valence-corrected chi connectivity index (χ1v) is 5.76. The molecule has 1 amide bonds. The maximum atomic E-state index is 12.7. The normalized spacial score (nSPS) is 11.2. The van der Waals surface area contributed by atoms with Gasteiger partial charge in [-0.2, -0.15) is 0 Å². The monoisotopic (exact) mass is 338 g/mol. The van der Waals surface area contributed by atoms with Gasteiger partial charge in [-0.25, -0.2) is 8.78 Å². The lowest BCUT2D eigenvalue weighted by Gasteiger charge is -2.13. The van der Waals surface area contributed by atoms with Crippen molar-refractivity contribution >= 4 is 27.5 Å². The van der Waals surface area contributed by atoms with E-state index in [9.17, 15) is 23.7 Å². The van der Waals surface area contributed by atoms with Crippen molar-refractivity contribution in [2.24, 2.45) is 0 Å². The van der Waals surface area contributed by atoms with Crippen LogP contribution in [0.3, 0.4) is 0 Å². The van der Waals surface area contributed by atoms with E-state index < -0.39 is 29.9 Å². The summed E-state index contributed by atoms with van der Waals surface area (Å²) >= 11 is 2.98. The van der Waals surface area contributed by atoms with Crippen LogP contribution in [0.15, 0.2) is 22.7 Å². The van der Waals surface area contributed by atoms with E-state index in [0.717, 1.165) is 6.07 Å². The Morgan fingerprint density at radius 3 is 2.63 bits per heavy atom. The quantitative estimate of drug-likeness (QED) is 0.631. The van der Waals surface area contributed by atoms with Gasteiger partial charge in [0.25, 0.3) is 17.5 Å². The van der Waals surface area contributed by atoms with Crippen molar-refractivity contribution in [3.05, 3.63) is 38.3 Å². The largest absolute Gasteiger partial charge is 0.390 e. The first kappa shape index (κ1) is 15.4.